The molecule has 2 nitrogen and oxygen atoms in total. The van der Waals surface area contributed by atoms with Crippen molar-refractivity contribution in [2.24, 2.45) is 0 Å². The fourth-order valence-corrected chi connectivity index (χ4v) is 3.05. The van der Waals surface area contributed by atoms with Crippen molar-refractivity contribution in [2.45, 2.75) is 19.9 Å². The minimum atomic E-state index is -0.248. The van der Waals surface area contributed by atoms with Crippen LogP contribution in [-0.2, 0) is 0 Å². The fourth-order valence-electron chi connectivity index (χ4n) is 1.68. The van der Waals surface area contributed by atoms with Gasteiger partial charge in [-0.15, -0.1) is 11.3 Å². The van der Waals surface area contributed by atoms with Gasteiger partial charge in [-0.25, -0.2) is 4.39 Å². The first-order valence-electron chi connectivity index (χ1n) is 5.54. The zero-order valence-corrected chi connectivity index (χ0v) is 13.1. The number of nitrogens with two attached hydrogens (primary N) is 1. The molecule has 0 aliphatic heterocycles. The van der Waals surface area contributed by atoms with Crippen LogP contribution in [0, 0.1) is 16.3 Å². The SMILES string of the molecule is Cc1ccc(C(C)Nc2cc(F)c(I)cc2N)s1. The summed E-state index contributed by atoms with van der Waals surface area (Å²) in [6.45, 7) is 4.11. The summed E-state index contributed by atoms with van der Waals surface area (Å²) >= 11 is 3.66. The monoisotopic (exact) mass is 376 g/mol. The molecule has 0 aliphatic rings. The lowest BCUT2D eigenvalue weighted by atomic mass is 10.2. The van der Waals surface area contributed by atoms with Gasteiger partial charge < -0.3 is 11.1 Å². The molecule has 2 rings (SSSR count). The Bertz CT molecular complexity index is 568. The molecule has 1 atom stereocenters. The number of aryl methyl sites for hydroxylation is 1. The maximum Gasteiger partial charge on any atom is 0.138 e. The molecule has 0 saturated carbocycles. The Morgan fingerprint density at radius 1 is 1.39 bits per heavy atom. The number of halogens is 2. The van der Waals surface area contributed by atoms with E-state index in [9.17, 15) is 4.39 Å². The van der Waals surface area contributed by atoms with Crippen molar-refractivity contribution in [3.8, 4) is 0 Å². The summed E-state index contributed by atoms with van der Waals surface area (Å²) < 4.78 is 14.1. The summed E-state index contributed by atoms with van der Waals surface area (Å²) in [5.74, 6) is -0.248. The van der Waals surface area contributed by atoms with E-state index in [1.54, 1.807) is 17.4 Å². The number of anilines is 2. The van der Waals surface area contributed by atoms with Crippen LogP contribution in [0.1, 0.15) is 22.7 Å². The third kappa shape index (κ3) is 2.95. The summed E-state index contributed by atoms with van der Waals surface area (Å²) in [7, 11) is 0. The van der Waals surface area contributed by atoms with E-state index in [0.717, 1.165) is 0 Å². The van der Waals surface area contributed by atoms with Crippen LogP contribution in [0.5, 0.6) is 0 Å². The molecule has 1 heterocycles. The van der Waals surface area contributed by atoms with Crippen molar-refractivity contribution in [1.82, 2.24) is 0 Å². The smallest absolute Gasteiger partial charge is 0.138 e. The van der Waals surface area contributed by atoms with Crippen LogP contribution in [0.3, 0.4) is 0 Å². The van der Waals surface area contributed by atoms with Crippen LogP contribution >= 0.6 is 33.9 Å². The predicted molar refractivity (Wildman–Crippen MR) is 84.6 cm³/mol. The highest BCUT2D eigenvalue weighted by Gasteiger charge is 2.11. The fraction of sp³-hybridized carbons (Fsp3) is 0.231. The van der Waals surface area contributed by atoms with Crippen LogP contribution in [0.2, 0.25) is 0 Å². The maximum absolute atomic E-state index is 13.5. The molecule has 0 bridgehead atoms. The molecule has 0 amide bonds. The third-order valence-corrected chi connectivity index (χ3v) is 4.66. The highest BCUT2D eigenvalue weighted by Crippen LogP contribution is 2.30. The maximum atomic E-state index is 13.5. The highest BCUT2D eigenvalue weighted by molar-refractivity contribution is 14.1. The number of nitrogens with one attached hydrogen (secondary N) is 1. The van der Waals surface area contributed by atoms with Crippen molar-refractivity contribution in [3.63, 3.8) is 0 Å². The summed E-state index contributed by atoms with van der Waals surface area (Å²) in [5.41, 5.74) is 7.11. The molecule has 3 N–H and O–H groups in total. The Hall–Kier alpha value is -0.820. The molecule has 2 aromatic rings. The third-order valence-electron chi connectivity index (χ3n) is 2.65. The average Bonchev–Trinajstić information content (AvgIpc) is 2.73. The number of nitrogen functional groups attached to an aromatic ring is 1. The Morgan fingerprint density at radius 3 is 2.72 bits per heavy atom. The standard InChI is InChI=1S/C13H14FIN2S/c1-7-3-4-13(18-7)8(2)17-12-5-9(14)10(15)6-11(12)16/h3-6,8,17H,16H2,1-2H3. The molecular formula is C13H14FIN2S. The number of rotatable bonds is 3. The molecule has 1 unspecified atom stereocenters. The van der Waals surface area contributed by atoms with Gasteiger partial charge in [-0.2, -0.15) is 0 Å². The second-order valence-corrected chi connectivity index (χ2v) is 6.65. The van der Waals surface area contributed by atoms with E-state index in [0.29, 0.717) is 14.9 Å². The average molecular weight is 376 g/mol. The Morgan fingerprint density at radius 2 is 2.11 bits per heavy atom. The van der Waals surface area contributed by atoms with Crippen molar-refractivity contribution < 1.29 is 4.39 Å². The van der Waals surface area contributed by atoms with Gasteiger partial charge in [-0.05, 0) is 54.6 Å². The van der Waals surface area contributed by atoms with Crippen molar-refractivity contribution in [1.29, 1.82) is 0 Å². The first kappa shape index (κ1) is 13.6. The first-order valence-corrected chi connectivity index (χ1v) is 7.44. The lowest BCUT2D eigenvalue weighted by Crippen LogP contribution is -2.07. The van der Waals surface area contributed by atoms with E-state index in [1.165, 1.54) is 15.8 Å². The van der Waals surface area contributed by atoms with E-state index >= 15 is 0 Å². The molecule has 0 radical (unpaired) electrons. The summed E-state index contributed by atoms with van der Waals surface area (Å²) in [6, 6.07) is 7.37. The Kier molecular flexibility index (Phi) is 4.11. The molecule has 1 aromatic heterocycles. The number of benzene rings is 1. The molecular weight excluding hydrogens is 362 g/mol. The molecule has 0 saturated heterocycles. The van der Waals surface area contributed by atoms with Gasteiger partial charge in [-0.3, -0.25) is 0 Å². The molecule has 0 fully saturated rings. The number of hydrogen-bond donors (Lipinski definition) is 2. The summed E-state index contributed by atoms with van der Waals surface area (Å²) in [6.07, 6.45) is 0. The van der Waals surface area contributed by atoms with Crippen molar-refractivity contribution in [2.75, 3.05) is 11.1 Å². The topological polar surface area (TPSA) is 38.0 Å². The van der Waals surface area contributed by atoms with E-state index < -0.39 is 0 Å². The molecule has 18 heavy (non-hydrogen) atoms. The lowest BCUT2D eigenvalue weighted by molar-refractivity contribution is 0.620. The van der Waals surface area contributed by atoms with Gasteiger partial charge in [0.2, 0.25) is 0 Å². The highest BCUT2D eigenvalue weighted by atomic mass is 127. The first-order chi connectivity index (χ1) is 8.47. The molecule has 0 aliphatic carbocycles. The minimum Gasteiger partial charge on any atom is -0.397 e. The largest absolute Gasteiger partial charge is 0.397 e. The van der Waals surface area contributed by atoms with Crippen LogP contribution < -0.4 is 11.1 Å². The minimum absolute atomic E-state index is 0.116. The van der Waals surface area contributed by atoms with Crippen LogP contribution in [0.25, 0.3) is 0 Å². The van der Waals surface area contributed by atoms with E-state index in [2.05, 4.69) is 24.4 Å². The van der Waals surface area contributed by atoms with Gasteiger partial charge >= 0.3 is 0 Å². The lowest BCUT2D eigenvalue weighted by Gasteiger charge is -2.16. The molecule has 96 valence electrons. The van der Waals surface area contributed by atoms with Crippen molar-refractivity contribution >= 4 is 45.3 Å². The Balaban J connectivity index is 2.21. The van der Waals surface area contributed by atoms with Crippen LogP contribution in [0.15, 0.2) is 24.3 Å². The van der Waals surface area contributed by atoms with Gasteiger partial charge in [-0.1, -0.05) is 0 Å². The van der Waals surface area contributed by atoms with Gasteiger partial charge in [0, 0.05) is 15.8 Å². The number of hydrogen-bond acceptors (Lipinski definition) is 3. The second-order valence-electron chi connectivity index (χ2n) is 4.17. The van der Waals surface area contributed by atoms with E-state index in [1.807, 2.05) is 29.5 Å². The van der Waals surface area contributed by atoms with Gasteiger partial charge in [0.1, 0.15) is 5.82 Å². The van der Waals surface area contributed by atoms with Gasteiger partial charge in [0.25, 0.3) is 0 Å². The predicted octanol–water partition coefficient (Wildman–Crippen LogP) is 4.56. The van der Waals surface area contributed by atoms with E-state index in [-0.39, 0.29) is 11.9 Å². The normalized spacial score (nSPS) is 12.4. The molecule has 5 heteroatoms. The molecule has 1 aromatic carbocycles. The number of thiophene rings is 1. The summed E-state index contributed by atoms with van der Waals surface area (Å²) in [5, 5.41) is 3.25. The Labute approximate surface area is 124 Å². The van der Waals surface area contributed by atoms with E-state index in [4.69, 9.17) is 5.73 Å². The zero-order chi connectivity index (χ0) is 13.3. The van der Waals surface area contributed by atoms with Gasteiger partial charge in [0.05, 0.1) is 21.0 Å². The summed E-state index contributed by atoms with van der Waals surface area (Å²) in [4.78, 5) is 2.48. The van der Waals surface area contributed by atoms with Gasteiger partial charge in [0.15, 0.2) is 0 Å². The quantitative estimate of drug-likeness (QED) is 0.609. The van der Waals surface area contributed by atoms with Crippen LogP contribution in [0.4, 0.5) is 15.8 Å². The molecule has 0 spiro atoms. The van der Waals surface area contributed by atoms with Crippen LogP contribution in [-0.4, -0.2) is 0 Å². The van der Waals surface area contributed by atoms with Crippen molar-refractivity contribution in [3.05, 3.63) is 43.4 Å². The second kappa shape index (κ2) is 5.44. The zero-order valence-electron chi connectivity index (χ0n) is 10.1.